The fraction of sp³-hybridized carbons (Fsp3) is 0.143. The number of furan rings is 1. The van der Waals surface area contributed by atoms with Crippen LogP contribution in [0, 0.1) is 0 Å². The third-order valence-electron chi connectivity index (χ3n) is 2.70. The van der Waals surface area contributed by atoms with E-state index in [1.807, 2.05) is 24.3 Å². The molecule has 0 aliphatic rings. The topological polar surface area (TPSA) is 87.3 Å². The average molecular weight is 271 g/mol. The standard InChI is InChI=1S/C14H13N3O3/c15-8-10-3-1-4-11(7-10)19-9-13-16-17-14(20-13)12-5-2-6-18-12/h1-7H,8-9,15H2. The molecule has 6 nitrogen and oxygen atoms in total. The van der Waals surface area contributed by atoms with E-state index in [0.29, 0.717) is 29.8 Å². The smallest absolute Gasteiger partial charge is 0.283 e. The monoisotopic (exact) mass is 271 g/mol. The molecule has 0 saturated heterocycles. The van der Waals surface area contributed by atoms with E-state index in [1.165, 1.54) is 0 Å². The van der Waals surface area contributed by atoms with Crippen LogP contribution in [0.1, 0.15) is 11.5 Å². The molecule has 1 aromatic carbocycles. The van der Waals surface area contributed by atoms with E-state index in [-0.39, 0.29) is 6.61 Å². The van der Waals surface area contributed by atoms with E-state index in [0.717, 1.165) is 5.56 Å². The number of ether oxygens (including phenoxy) is 1. The Balaban J connectivity index is 1.66. The second-order valence-electron chi connectivity index (χ2n) is 4.12. The van der Waals surface area contributed by atoms with Crippen LogP contribution in [-0.4, -0.2) is 10.2 Å². The van der Waals surface area contributed by atoms with Crippen LogP contribution in [0.3, 0.4) is 0 Å². The molecule has 0 saturated carbocycles. The molecule has 20 heavy (non-hydrogen) atoms. The van der Waals surface area contributed by atoms with Gasteiger partial charge in [0, 0.05) is 6.54 Å². The first-order chi connectivity index (χ1) is 9.85. The largest absolute Gasteiger partial charge is 0.484 e. The Morgan fingerprint density at radius 1 is 1.15 bits per heavy atom. The SMILES string of the molecule is NCc1cccc(OCc2nnc(-c3ccco3)o2)c1. The number of rotatable bonds is 5. The normalized spacial score (nSPS) is 10.7. The molecule has 0 spiro atoms. The molecule has 2 N–H and O–H groups in total. The number of nitrogens with zero attached hydrogens (tertiary/aromatic N) is 2. The molecule has 0 fully saturated rings. The van der Waals surface area contributed by atoms with Gasteiger partial charge in [0.05, 0.1) is 6.26 Å². The molecular weight excluding hydrogens is 258 g/mol. The van der Waals surface area contributed by atoms with Crippen LogP contribution >= 0.6 is 0 Å². The summed E-state index contributed by atoms with van der Waals surface area (Å²) < 4.78 is 16.2. The molecule has 102 valence electrons. The van der Waals surface area contributed by atoms with Gasteiger partial charge in [0.15, 0.2) is 12.4 Å². The van der Waals surface area contributed by atoms with Crippen molar-refractivity contribution in [3.05, 3.63) is 54.1 Å². The molecule has 3 aromatic rings. The van der Waals surface area contributed by atoms with Crippen LogP contribution in [0.4, 0.5) is 0 Å². The minimum absolute atomic E-state index is 0.196. The second kappa shape index (κ2) is 5.58. The molecule has 6 heteroatoms. The molecule has 0 atom stereocenters. The Morgan fingerprint density at radius 3 is 2.90 bits per heavy atom. The van der Waals surface area contributed by atoms with E-state index >= 15 is 0 Å². The molecular formula is C14H13N3O3. The summed E-state index contributed by atoms with van der Waals surface area (Å²) in [7, 11) is 0. The Hall–Kier alpha value is -2.60. The predicted octanol–water partition coefficient (Wildman–Crippen LogP) is 2.37. The maximum absolute atomic E-state index is 5.58. The van der Waals surface area contributed by atoms with Crippen LogP contribution in [0.15, 0.2) is 51.5 Å². The van der Waals surface area contributed by atoms with Crippen molar-refractivity contribution in [1.29, 1.82) is 0 Å². The summed E-state index contributed by atoms with van der Waals surface area (Å²) in [6.07, 6.45) is 1.55. The molecule has 2 aromatic heterocycles. The van der Waals surface area contributed by atoms with Gasteiger partial charge < -0.3 is 19.3 Å². The highest BCUT2D eigenvalue weighted by Crippen LogP contribution is 2.19. The third-order valence-corrected chi connectivity index (χ3v) is 2.70. The van der Waals surface area contributed by atoms with Crippen LogP contribution in [-0.2, 0) is 13.2 Å². The van der Waals surface area contributed by atoms with Crippen LogP contribution in [0.25, 0.3) is 11.7 Å². The van der Waals surface area contributed by atoms with Gasteiger partial charge in [-0.2, -0.15) is 0 Å². The summed E-state index contributed by atoms with van der Waals surface area (Å²) in [6.45, 7) is 0.669. The zero-order valence-electron chi connectivity index (χ0n) is 10.7. The lowest BCUT2D eigenvalue weighted by molar-refractivity contribution is 0.263. The first-order valence-electron chi connectivity index (χ1n) is 6.13. The maximum Gasteiger partial charge on any atom is 0.283 e. The van der Waals surface area contributed by atoms with Crippen molar-refractivity contribution in [3.63, 3.8) is 0 Å². The van der Waals surface area contributed by atoms with Gasteiger partial charge in [-0.3, -0.25) is 0 Å². The molecule has 0 aliphatic carbocycles. The summed E-state index contributed by atoms with van der Waals surface area (Å²) in [5.74, 6) is 1.97. The number of hydrogen-bond acceptors (Lipinski definition) is 6. The van der Waals surface area contributed by atoms with Gasteiger partial charge in [0.25, 0.3) is 11.8 Å². The highest BCUT2D eigenvalue weighted by molar-refractivity contribution is 5.42. The van der Waals surface area contributed by atoms with Crippen LogP contribution < -0.4 is 10.5 Å². The Kier molecular flexibility index (Phi) is 3.47. The second-order valence-corrected chi connectivity index (χ2v) is 4.12. The number of benzene rings is 1. The van der Waals surface area contributed by atoms with Crippen LogP contribution in [0.2, 0.25) is 0 Å². The molecule has 0 bridgehead atoms. The zero-order chi connectivity index (χ0) is 13.8. The Bertz CT molecular complexity index is 677. The maximum atomic E-state index is 5.58. The van der Waals surface area contributed by atoms with Crippen LogP contribution in [0.5, 0.6) is 5.75 Å². The molecule has 0 amide bonds. The van der Waals surface area contributed by atoms with Gasteiger partial charge in [-0.25, -0.2) is 0 Å². The summed E-state index contributed by atoms with van der Waals surface area (Å²) in [5, 5.41) is 7.80. The van der Waals surface area contributed by atoms with E-state index in [9.17, 15) is 0 Å². The molecule has 2 heterocycles. The van der Waals surface area contributed by atoms with Gasteiger partial charge in [-0.1, -0.05) is 12.1 Å². The predicted molar refractivity (Wildman–Crippen MR) is 70.7 cm³/mol. The number of nitrogens with two attached hydrogens (primary N) is 1. The lowest BCUT2D eigenvalue weighted by Crippen LogP contribution is -1.99. The highest BCUT2D eigenvalue weighted by atomic mass is 16.5. The van der Waals surface area contributed by atoms with Crippen molar-refractivity contribution in [3.8, 4) is 17.4 Å². The van der Waals surface area contributed by atoms with E-state index in [4.69, 9.17) is 19.3 Å². The lowest BCUT2D eigenvalue weighted by Gasteiger charge is -2.04. The summed E-state index contributed by atoms with van der Waals surface area (Å²) in [4.78, 5) is 0. The van der Waals surface area contributed by atoms with Gasteiger partial charge in [-0.05, 0) is 29.8 Å². The lowest BCUT2D eigenvalue weighted by atomic mass is 10.2. The van der Waals surface area contributed by atoms with Gasteiger partial charge >= 0.3 is 0 Å². The van der Waals surface area contributed by atoms with E-state index in [1.54, 1.807) is 18.4 Å². The summed E-state index contributed by atoms with van der Waals surface area (Å²) >= 11 is 0. The van der Waals surface area contributed by atoms with Crippen molar-refractivity contribution >= 4 is 0 Å². The quantitative estimate of drug-likeness (QED) is 0.766. The first kappa shape index (κ1) is 12.4. The first-order valence-corrected chi connectivity index (χ1v) is 6.13. The van der Waals surface area contributed by atoms with E-state index < -0.39 is 0 Å². The number of aromatic nitrogens is 2. The zero-order valence-corrected chi connectivity index (χ0v) is 10.7. The fourth-order valence-corrected chi connectivity index (χ4v) is 1.72. The van der Waals surface area contributed by atoms with E-state index in [2.05, 4.69) is 10.2 Å². The van der Waals surface area contributed by atoms with Gasteiger partial charge in [0.2, 0.25) is 0 Å². The highest BCUT2D eigenvalue weighted by Gasteiger charge is 2.11. The van der Waals surface area contributed by atoms with Crippen molar-refractivity contribution < 1.29 is 13.6 Å². The van der Waals surface area contributed by atoms with Crippen molar-refractivity contribution in [2.75, 3.05) is 0 Å². The van der Waals surface area contributed by atoms with Crippen molar-refractivity contribution in [2.24, 2.45) is 5.73 Å². The molecule has 0 aliphatic heterocycles. The summed E-state index contributed by atoms with van der Waals surface area (Å²) in [5.41, 5.74) is 6.58. The minimum Gasteiger partial charge on any atom is -0.484 e. The van der Waals surface area contributed by atoms with Crippen molar-refractivity contribution in [2.45, 2.75) is 13.2 Å². The van der Waals surface area contributed by atoms with Crippen molar-refractivity contribution in [1.82, 2.24) is 10.2 Å². The summed E-state index contributed by atoms with van der Waals surface area (Å²) in [6, 6.07) is 11.1. The molecule has 3 rings (SSSR count). The molecule has 0 radical (unpaired) electrons. The third kappa shape index (κ3) is 2.70. The Labute approximate surface area is 115 Å². The Morgan fingerprint density at radius 2 is 2.10 bits per heavy atom. The molecule has 0 unspecified atom stereocenters. The number of hydrogen-bond donors (Lipinski definition) is 1. The average Bonchev–Trinajstić information content (AvgIpc) is 3.16. The minimum atomic E-state index is 0.196. The van der Waals surface area contributed by atoms with Gasteiger partial charge in [-0.15, -0.1) is 10.2 Å². The van der Waals surface area contributed by atoms with Gasteiger partial charge in [0.1, 0.15) is 5.75 Å². The fourth-order valence-electron chi connectivity index (χ4n) is 1.72.